The average molecular weight is 206 g/mol. The van der Waals surface area contributed by atoms with Crippen LogP contribution in [0.3, 0.4) is 0 Å². The van der Waals surface area contributed by atoms with Gasteiger partial charge in [-0.2, -0.15) is 0 Å². The maximum atomic E-state index is 11.1. The molecule has 2 heterocycles. The fourth-order valence-electron chi connectivity index (χ4n) is 1.31. The molecule has 1 aliphatic rings. The zero-order valence-corrected chi connectivity index (χ0v) is 7.88. The Bertz CT molecular complexity index is 390. The van der Waals surface area contributed by atoms with E-state index in [2.05, 4.69) is 10.1 Å². The summed E-state index contributed by atoms with van der Waals surface area (Å²) in [5, 5.41) is 3.82. The lowest BCUT2D eigenvalue weighted by Crippen LogP contribution is -2.39. The topological polar surface area (TPSA) is 89.6 Å². The van der Waals surface area contributed by atoms with E-state index in [9.17, 15) is 4.79 Å². The number of hydrogen-bond acceptors (Lipinski definition) is 5. The number of aromatic nitrogens is 1. The van der Waals surface area contributed by atoms with Crippen LogP contribution < -0.4 is 11.3 Å². The Morgan fingerprint density at radius 2 is 2.53 bits per heavy atom. The summed E-state index contributed by atoms with van der Waals surface area (Å²) < 4.78 is 0. The first-order chi connectivity index (χ1) is 7.31. The molecule has 15 heavy (non-hydrogen) atoms. The number of carbonyl (C=O) groups is 1. The van der Waals surface area contributed by atoms with E-state index in [0.717, 1.165) is 5.56 Å². The third-order valence-corrected chi connectivity index (χ3v) is 2.10. The highest BCUT2D eigenvalue weighted by molar-refractivity contribution is 6.03. The molecule has 1 aromatic rings. The van der Waals surface area contributed by atoms with Crippen LogP contribution >= 0.6 is 0 Å². The lowest BCUT2D eigenvalue weighted by Gasteiger charge is -2.04. The summed E-state index contributed by atoms with van der Waals surface area (Å²) in [6.07, 6.45) is 3.12. The monoisotopic (exact) mass is 206 g/mol. The summed E-state index contributed by atoms with van der Waals surface area (Å²) in [6, 6.07) is 3.66. The largest absolute Gasteiger partial charge is 0.382 e. The highest BCUT2D eigenvalue weighted by atomic mass is 16.6. The molecule has 0 saturated carbocycles. The molecule has 6 heteroatoms. The predicted octanol–water partition coefficient (Wildman–Crippen LogP) is -0.435. The van der Waals surface area contributed by atoms with Gasteiger partial charge in [0.1, 0.15) is 0 Å². The van der Waals surface area contributed by atoms with Gasteiger partial charge < -0.3 is 4.84 Å². The van der Waals surface area contributed by atoms with Crippen molar-refractivity contribution in [1.82, 2.24) is 10.4 Å². The van der Waals surface area contributed by atoms with E-state index in [1.807, 2.05) is 11.5 Å². The Balaban J connectivity index is 2.07. The van der Waals surface area contributed by atoms with E-state index in [-0.39, 0.29) is 5.91 Å². The molecule has 1 unspecified atom stereocenters. The first-order valence-electron chi connectivity index (χ1n) is 4.45. The predicted molar refractivity (Wildman–Crippen MR) is 52.6 cm³/mol. The summed E-state index contributed by atoms with van der Waals surface area (Å²) in [6.45, 7) is 0. The van der Waals surface area contributed by atoms with Crippen molar-refractivity contribution < 1.29 is 9.63 Å². The Labute approximate surface area is 86.1 Å². The van der Waals surface area contributed by atoms with Crippen molar-refractivity contribution in [3.63, 3.8) is 0 Å². The van der Waals surface area contributed by atoms with Crippen LogP contribution in [0.4, 0.5) is 0 Å². The van der Waals surface area contributed by atoms with Crippen molar-refractivity contribution in [3.8, 4) is 0 Å². The van der Waals surface area contributed by atoms with Crippen LogP contribution in [0.5, 0.6) is 0 Å². The second-order valence-corrected chi connectivity index (χ2v) is 3.09. The van der Waals surface area contributed by atoms with Crippen LogP contribution in [-0.2, 0) is 9.63 Å². The van der Waals surface area contributed by atoms with E-state index < -0.39 is 6.10 Å². The molecule has 0 spiro atoms. The number of rotatable bonds is 2. The third kappa shape index (κ3) is 1.94. The van der Waals surface area contributed by atoms with Crippen LogP contribution in [0.1, 0.15) is 12.0 Å². The minimum Gasteiger partial charge on any atom is -0.382 e. The number of nitrogens with one attached hydrogen (secondary N) is 1. The molecule has 2 rings (SSSR count). The number of oxime groups is 1. The molecule has 0 aromatic carbocycles. The lowest BCUT2D eigenvalue weighted by molar-refractivity contribution is -0.131. The molecule has 0 fully saturated rings. The molecule has 1 amide bonds. The maximum absolute atomic E-state index is 11.1. The normalized spacial score (nSPS) is 19.3. The van der Waals surface area contributed by atoms with Gasteiger partial charge in [-0.1, -0.05) is 5.16 Å². The van der Waals surface area contributed by atoms with Crippen molar-refractivity contribution >= 4 is 11.6 Å². The molecule has 0 saturated heterocycles. The van der Waals surface area contributed by atoms with Gasteiger partial charge in [-0.3, -0.25) is 15.2 Å². The molecular weight excluding hydrogens is 196 g/mol. The van der Waals surface area contributed by atoms with Gasteiger partial charge in [0.15, 0.2) is 0 Å². The van der Waals surface area contributed by atoms with Gasteiger partial charge in [0, 0.05) is 24.4 Å². The second-order valence-electron chi connectivity index (χ2n) is 3.09. The number of carbonyl (C=O) groups excluding carboxylic acids is 1. The van der Waals surface area contributed by atoms with E-state index in [1.165, 1.54) is 0 Å². The standard InChI is InChI=1S/C9H10N4O2/c10-12-9(14)8-4-7(13-15-8)6-2-1-3-11-5-6/h1-3,5,8H,4,10H2,(H,12,14). The smallest absolute Gasteiger partial charge is 0.278 e. The molecule has 1 atom stereocenters. The molecular formula is C9H10N4O2. The summed E-state index contributed by atoms with van der Waals surface area (Å²) in [7, 11) is 0. The number of amides is 1. The number of nitrogens with zero attached hydrogens (tertiary/aromatic N) is 2. The molecule has 3 N–H and O–H groups in total. The summed E-state index contributed by atoms with van der Waals surface area (Å²) >= 11 is 0. The Kier molecular flexibility index (Phi) is 2.59. The molecule has 6 nitrogen and oxygen atoms in total. The van der Waals surface area contributed by atoms with Gasteiger partial charge in [0.05, 0.1) is 5.71 Å². The first-order valence-corrected chi connectivity index (χ1v) is 4.45. The van der Waals surface area contributed by atoms with Gasteiger partial charge in [0.25, 0.3) is 5.91 Å². The van der Waals surface area contributed by atoms with Crippen LogP contribution in [0.25, 0.3) is 0 Å². The zero-order valence-electron chi connectivity index (χ0n) is 7.88. The quantitative estimate of drug-likeness (QED) is 0.390. The third-order valence-electron chi connectivity index (χ3n) is 2.10. The van der Waals surface area contributed by atoms with Gasteiger partial charge in [0.2, 0.25) is 6.10 Å². The van der Waals surface area contributed by atoms with E-state index in [0.29, 0.717) is 12.1 Å². The van der Waals surface area contributed by atoms with Gasteiger partial charge >= 0.3 is 0 Å². The highest BCUT2D eigenvalue weighted by Gasteiger charge is 2.28. The van der Waals surface area contributed by atoms with Crippen molar-refractivity contribution in [2.45, 2.75) is 12.5 Å². The minimum atomic E-state index is -0.634. The second kappa shape index (κ2) is 4.05. The number of nitrogens with two attached hydrogens (primary N) is 1. The molecule has 1 aliphatic heterocycles. The molecule has 78 valence electrons. The van der Waals surface area contributed by atoms with Crippen molar-refractivity contribution in [1.29, 1.82) is 0 Å². The first kappa shape index (κ1) is 9.60. The Morgan fingerprint density at radius 1 is 1.67 bits per heavy atom. The fraction of sp³-hybridized carbons (Fsp3) is 0.222. The minimum absolute atomic E-state index is 0.377. The van der Waals surface area contributed by atoms with Crippen LogP contribution in [0.15, 0.2) is 29.7 Å². The van der Waals surface area contributed by atoms with Crippen molar-refractivity contribution in [2.24, 2.45) is 11.0 Å². The lowest BCUT2D eigenvalue weighted by atomic mass is 10.1. The van der Waals surface area contributed by atoms with E-state index >= 15 is 0 Å². The summed E-state index contributed by atoms with van der Waals surface area (Å²) in [5.74, 6) is 4.62. The van der Waals surface area contributed by atoms with Crippen molar-refractivity contribution in [3.05, 3.63) is 30.1 Å². The van der Waals surface area contributed by atoms with Crippen molar-refractivity contribution in [2.75, 3.05) is 0 Å². The molecule has 0 bridgehead atoms. The van der Waals surface area contributed by atoms with Crippen LogP contribution in [0.2, 0.25) is 0 Å². The number of pyridine rings is 1. The zero-order chi connectivity index (χ0) is 10.7. The molecule has 0 aliphatic carbocycles. The average Bonchev–Trinajstić information content (AvgIpc) is 2.78. The van der Waals surface area contributed by atoms with Gasteiger partial charge in [-0.05, 0) is 12.1 Å². The summed E-state index contributed by atoms with van der Waals surface area (Å²) in [4.78, 5) is 20.0. The SMILES string of the molecule is NNC(=O)C1CC(c2cccnc2)=NO1. The van der Waals surface area contributed by atoms with E-state index in [4.69, 9.17) is 10.7 Å². The van der Waals surface area contributed by atoms with Gasteiger partial charge in [-0.25, -0.2) is 5.84 Å². The molecule has 0 radical (unpaired) electrons. The summed E-state index contributed by atoms with van der Waals surface area (Å²) in [5.41, 5.74) is 3.58. The van der Waals surface area contributed by atoms with Crippen LogP contribution in [-0.4, -0.2) is 22.7 Å². The number of hydrogen-bond donors (Lipinski definition) is 2. The van der Waals surface area contributed by atoms with Crippen LogP contribution in [0, 0.1) is 0 Å². The highest BCUT2D eigenvalue weighted by Crippen LogP contribution is 2.15. The van der Waals surface area contributed by atoms with Gasteiger partial charge in [-0.15, -0.1) is 0 Å². The number of hydrazine groups is 1. The Hall–Kier alpha value is -1.95. The Morgan fingerprint density at radius 3 is 3.20 bits per heavy atom. The maximum Gasteiger partial charge on any atom is 0.278 e. The fourth-order valence-corrected chi connectivity index (χ4v) is 1.31. The van der Waals surface area contributed by atoms with E-state index in [1.54, 1.807) is 18.5 Å². The molecule has 1 aromatic heterocycles.